The van der Waals surface area contributed by atoms with E-state index in [1.807, 2.05) is 29.6 Å². The van der Waals surface area contributed by atoms with E-state index in [4.69, 9.17) is 32.7 Å². The molecule has 0 radical (unpaired) electrons. The molecule has 0 N–H and O–H groups in total. The van der Waals surface area contributed by atoms with Gasteiger partial charge < -0.3 is 9.47 Å². The number of Topliss-reactive ketones (excluding diaryl/α,β-unsaturated/α-hetero) is 1. The van der Waals surface area contributed by atoms with Crippen LogP contribution in [0, 0.1) is 0 Å². The van der Waals surface area contributed by atoms with Gasteiger partial charge in [0.25, 0.3) is 0 Å². The van der Waals surface area contributed by atoms with Gasteiger partial charge in [-0.2, -0.15) is 0 Å². The van der Waals surface area contributed by atoms with Crippen molar-refractivity contribution in [1.82, 2.24) is 0 Å². The van der Waals surface area contributed by atoms with Gasteiger partial charge in [0.1, 0.15) is 18.1 Å². The van der Waals surface area contributed by atoms with Gasteiger partial charge in [0, 0.05) is 33.2 Å². The van der Waals surface area contributed by atoms with E-state index >= 15 is 0 Å². The molecule has 0 aliphatic heterocycles. The molecule has 7 heteroatoms. The predicted octanol–water partition coefficient (Wildman–Crippen LogP) is 6.24. The van der Waals surface area contributed by atoms with Crippen LogP contribution >= 0.6 is 34.5 Å². The average molecular weight is 451 g/mol. The van der Waals surface area contributed by atoms with E-state index in [1.165, 1.54) is 0 Å². The number of ketones is 1. The van der Waals surface area contributed by atoms with Crippen molar-refractivity contribution in [3.05, 3.63) is 63.0 Å². The van der Waals surface area contributed by atoms with Gasteiger partial charge in [-0.05, 0) is 53.6 Å². The lowest BCUT2D eigenvalue weighted by molar-refractivity contribution is -0.144. The van der Waals surface area contributed by atoms with Crippen LogP contribution in [-0.2, 0) is 27.4 Å². The number of carbonyl (C=O) groups excluding carboxylic acids is 2. The first kappa shape index (κ1) is 21.6. The van der Waals surface area contributed by atoms with Crippen LogP contribution in [0.3, 0.4) is 0 Å². The number of thiophene rings is 1. The molecule has 4 nitrogen and oxygen atoms in total. The van der Waals surface area contributed by atoms with Crippen LogP contribution < -0.4 is 4.74 Å². The smallest absolute Gasteiger partial charge is 0.306 e. The topological polar surface area (TPSA) is 52.6 Å². The summed E-state index contributed by atoms with van der Waals surface area (Å²) in [5.74, 6) is 0.416. The summed E-state index contributed by atoms with van der Waals surface area (Å²) in [6.45, 7) is 2.42. The molecule has 0 aliphatic rings. The molecule has 1 heterocycles. The third-order valence-corrected chi connectivity index (χ3v) is 5.92. The van der Waals surface area contributed by atoms with E-state index in [2.05, 4.69) is 0 Å². The van der Waals surface area contributed by atoms with Gasteiger partial charge in [-0.25, -0.2) is 0 Å². The van der Waals surface area contributed by atoms with Gasteiger partial charge in [0.15, 0.2) is 0 Å². The summed E-state index contributed by atoms with van der Waals surface area (Å²) in [5.41, 5.74) is 1.82. The second kappa shape index (κ2) is 10.1. The monoisotopic (exact) mass is 450 g/mol. The van der Waals surface area contributed by atoms with Crippen molar-refractivity contribution in [3.63, 3.8) is 0 Å². The zero-order chi connectivity index (χ0) is 20.8. The Morgan fingerprint density at radius 1 is 1.03 bits per heavy atom. The van der Waals surface area contributed by atoms with Gasteiger partial charge in [-0.1, -0.05) is 29.3 Å². The molecule has 0 unspecified atom stereocenters. The van der Waals surface area contributed by atoms with Crippen molar-refractivity contribution < 1.29 is 19.1 Å². The number of carbonyl (C=O) groups is 2. The molecule has 0 spiro atoms. The Morgan fingerprint density at radius 2 is 1.86 bits per heavy atom. The Morgan fingerprint density at radius 3 is 2.62 bits per heavy atom. The molecule has 0 saturated carbocycles. The predicted molar refractivity (Wildman–Crippen MR) is 117 cm³/mol. The summed E-state index contributed by atoms with van der Waals surface area (Å²) in [6.07, 6.45) is 0.624. The number of rotatable bonds is 9. The minimum atomic E-state index is -0.335. The first-order chi connectivity index (χ1) is 14.0. The molecule has 0 amide bonds. The fraction of sp³-hybridized carbons (Fsp3) is 0.273. The number of hydrogen-bond donors (Lipinski definition) is 0. The molecule has 1 aromatic heterocycles. The maximum atomic E-state index is 12.2. The Kier molecular flexibility index (Phi) is 7.53. The molecule has 3 aromatic rings. The second-order valence-corrected chi connectivity index (χ2v) is 8.22. The number of esters is 1. The van der Waals surface area contributed by atoms with E-state index in [0.29, 0.717) is 29.7 Å². The van der Waals surface area contributed by atoms with E-state index < -0.39 is 0 Å². The highest BCUT2D eigenvalue weighted by Gasteiger charge is 2.12. The zero-order valence-electron chi connectivity index (χ0n) is 15.9. The molecule has 2 aromatic carbocycles. The van der Waals surface area contributed by atoms with Crippen LogP contribution in [0.5, 0.6) is 5.75 Å². The number of halogens is 2. The van der Waals surface area contributed by atoms with Crippen LogP contribution in [0.1, 0.15) is 30.9 Å². The van der Waals surface area contributed by atoms with Gasteiger partial charge in [0.05, 0.1) is 13.0 Å². The Labute approximate surface area is 183 Å². The van der Waals surface area contributed by atoms with Gasteiger partial charge in [-0.3, -0.25) is 9.59 Å². The van der Waals surface area contributed by atoms with Crippen molar-refractivity contribution in [2.75, 3.05) is 6.61 Å². The van der Waals surface area contributed by atoms with Crippen molar-refractivity contribution in [3.8, 4) is 5.75 Å². The molecule has 0 atom stereocenters. The van der Waals surface area contributed by atoms with Crippen LogP contribution in [0.15, 0.2) is 41.8 Å². The largest absolute Gasteiger partial charge is 0.489 e. The van der Waals surface area contributed by atoms with Gasteiger partial charge in [0.2, 0.25) is 0 Å². The molecule has 0 fully saturated rings. The normalized spacial score (nSPS) is 10.9. The molecular weight excluding hydrogens is 431 g/mol. The van der Waals surface area contributed by atoms with E-state index in [1.54, 1.807) is 30.4 Å². The Hall–Kier alpha value is -2.08. The second-order valence-electron chi connectivity index (χ2n) is 6.46. The number of hydrogen-bond acceptors (Lipinski definition) is 5. The molecule has 0 bridgehead atoms. The lowest BCUT2D eigenvalue weighted by Gasteiger charge is -2.08. The standard InChI is InChI=1S/C22H20Cl2O4S/c1-2-27-22(26)8-5-17(25)9-15-13-29-21-11-18(6-7-19(15)21)28-12-14-3-4-16(23)10-20(14)24/h3-4,6-7,10-11,13H,2,5,8-9,12H2,1H3. The van der Waals surface area contributed by atoms with Crippen molar-refractivity contribution in [2.45, 2.75) is 32.8 Å². The summed E-state index contributed by atoms with van der Waals surface area (Å²) < 4.78 is 11.8. The summed E-state index contributed by atoms with van der Waals surface area (Å²) in [5, 5.41) is 4.16. The van der Waals surface area contributed by atoms with Crippen molar-refractivity contribution >= 4 is 56.4 Å². The fourth-order valence-electron chi connectivity index (χ4n) is 2.87. The van der Waals surface area contributed by atoms with Crippen molar-refractivity contribution in [1.29, 1.82) is 0 Å². The lowest BCUT2D eigenvalue weighted by atomic mass is 10.0. The highest BCUT2D eigenvalue weighted by Crippen LogP contribution is 2.31. The minimum Gasteiger partial charge on any atom is -0.489 e. The zero-order valence-corrected chi connectivity index (χ0v) is 18.2. The highest BCUT2D eigenvalue weighted by atomic mass is 35.5. The first-order valence-electron chi connectivity index (χ1n) is 9.20. The highest BCUT2D eigenvalue weighted by molar-refractivity contribution is 7.17. The molecule has 0 saturated heterocycles. The molecule has 29 heavy (non-hydrogen) atoms. The number of benzene rings is 2. The first-order valence-corrected chi connectivity index (χ1v) is 10.8. The van der Waals surface area contributed by atoms with Gasteiger partial charge >= 0.3 is 5.97 Å². The number of ether oxygens (including phenoxy) is 2. The molecule has 152 valence electrons. The fourth-order valence-corrected chi connectivity index (χ4v) is 4.32. The maximum absolute atomic E-state index is 12.2. The minimum absolute atomic E-state index is 0.0236. The quantitative estimate of drug-likeness (QED) is 0.361. The van der Waals surface area contributed by atoms with Gasteiger partial charge in [-0.15, -0.1) is 11.3 Å². The van der Waals surface area contributed by atoms with E-state index in [-0.39, 0.29) is 24.6 Å². The molecule has 3 rings (SSSR count). The molecule has 0 aliphatic carbocycles. The summed E-state index contributed by atoms with van der Waals surface area (Å²) in [6, 6.07) is 11.1. The van der Waals surface area contributed by atoms with Crippen molar-refractivity contribution in [2.24, 2.45) is 0 Å². The Balaban J connectivity index is 1.62. The Bertz CT molecular complexity index is 1030. The van der Waals surface area contributed by atoms with Crippen LogP contribution in [0.2, 0.25) is 10.0 Å². The van der Waals surface area contributed by atoms with Crippen LogP contribution in [0.4, 0.5) is 0 Å². The average Bonchev–Trinajstić information content (AvgIpc) is 3.08. The number of fused-ring (bicyclic) bond motifs is 1. The third kappa shape index (κ3) is 5.95. The lowest BCUT2D eigenvalue weighted by Crippen LogP contribution is -2.09. The van der Waals surface area contributed by atoms with Crippen LogP contribution in [-0.4, -0.2) is 18.4 Å². The summed E-state index contributed by atoms with van der Waals surface area (Å²) in [7, 11) is 0. The summed E-state index contributed by atoms with van der Waals surface area (Å²) in [4.78, 5) is 23.6. The van der Waals surface area contributed by atoms with Crippen LogP contribution in [0.25, 0.3) is 10.1 Å². The van der Waals surface area contributed by atoms with E-state index in [0.717, 1.165) is 27.0 Å². The maximum Gasteiger partial charge on any atom is 0.306 e. The molecular formula is C22H20Cl2O4S. The SMILES string of the molecule is CCOC(=O)CCC(=O)Cc1csc2cc(OCc3ccc(Cl)cc3Cl)ccc12. The van der Waals surface area contributed by atoms with E-state index in [9.17, 15) is 9.59 Å². The third-order valence-electron chi connectivity index (χ3n) is 4.34. The summed E-state index contributed by atoms with van der Waals surface area (Å²) >= 11 is 13.7.